The van der Waals surface area contributed by atoms with Crippen LogP contribution in [0.5, 0.6) is 11.5 Å². The van der Waals surface area contributed by atoms with Crippen LogP contribution in [0.1, 0.15) is 6.42 Å². The highest BCUT2D eigenvalue weighted by Gasteiger charge is 2.17. The lowest BCUT2D eigenvalue weighted by Gasteiger charge is -2.17. The number of rotatable bonds is 7. The van der Waals surface area contributed by atoms with Crippen LogP contribution in [0.3, 0.4) is 0 Å². The predicted molar refractivity (Wildman–Crippen MR) is 141 cm³/mol. The maximum atomic E-state index is 14.9. The van der Waals surface area contributed by atoms with E-state index in [4.69, 9.17) is 4.74 Å². The van der Waals surface area contributed by atoms with E-state index in [0.717, 1.165) is 26.9 Å². The fourth-order valence-corrected chi connectivity index (χ4v) is 4.87. The molecule has 1 N–H and O–H groups in total. The first-order valence-electron chi connectivity index (χ1n) is 11.3. The van der Waals surface area contributed by atoms with Gasteiger partial charge in [-0.3, -0.25) is 14.6 Å². The van der Waals surface area contributed by atoms with Gasteiger partial charge in [-0.25, -0.2) is 9.37 Å². The Labute approximate surface area is 216 Å². The van der Waals surface area contributed by atoms with Gasteiger partial charge in [-0.15, -0.1) is 11.3 Å². The number of aromatic nitrogens is 3. The second kappa shape index (κ2) is 10.2. The highest BCUT2D eigenvalue weighted by molar-refractivity contribution is 7.22. The molecule has 0 radical (unpaired) electrons. The molecule has 186 valence electrons. The van der Waals surface area contributed by atoms with E-state index >= 15 is 0 Å². The average molecular weight is 516 g/mol. The fraction of sp³-hybridized carbons (Fsp3) is 0.111. The first-order valence-corrected chi connectivity index (χ1v) is 12.1. The highest BCUT2D eigenvalue weighted by Crippen LogP contribution is 2.39. The molecule has 0 spiro atoms. The number of para-hydroxylation sites is 1. The van der Waals surface area contributed by atoms with Gasteiger partial charge in [0.15, 0.2) is 11.6 Å². The molecule has 0 fully saturated rings. The average Bonchev–Trinajstić information content (AvgIpc) is 3.52. The number of hydrogen-bond acceptors (Lipinski definition) is 6. The lowest BCUT2D eigenvalue weighted by molar-refractivity contribution is -0.125. The van der Waals surface area contributed by atoms with Crippen molar-refractivity contribution in [1.82, 2.24) is 14.5 Å². The summed E-state index contributed by atoms with van der Waals surface area (Å²) in [6, 6.07) is 16.7. The number of amides is 2. The molecule has 3 heterocycles. The fourth-order valence-electron chi connectivity index (χ4n) is 3.75. The summed E-state index contributed by atoms with van der Waals surface area (Å²) in [5.41, 5.74) is 2.57. The number of benzene rings is 2. The molecule has 2 amide bonds. The third-order valence-corrected chi connectivity index (χ3v) is 6.87. The van der Waals surface area contributed by atoms with Crippen molar-refractivity contribution in [3.05, 3.63) is 85.2 Å². The number of nitrogens with one attached hydrogen (secondary N) is 1. The summed E-state index contributed by atoms with van der Waals surface area (Å²) in [7, 11) is 3.50. The lowest BCUT2D eigenvalue weighted by Crippen LogP contribution is -2.30. The molecule has 5 rings (SSSR count). The number of carbonyl (C=O) groups is 2. The standard InChI is InChI=1S/C27H22FN5O3S/c1-32-16-29-15-21(32)24-13-20-27(37-24)23(10-11-30-20)36-22-9-8-17(12-19(22)28)31-25(34)14-26(35)33(2)18-6-4-3-5-7-18/h3-13,15-16H,14H2,1-2H3,(H,31,34). The zero-order chi connectivity index (χ0) is 25.9. The SMILES string of the molecule is CN(C(=O)CC(=O)Nc1ccc(Oc2ccnc3cc(-c4cncn4C)sc23)c(F)c1)c1ccccc1. The van der Waals surface area contributed by atoms with Crippen LogP contribution < -0.4 is 15.0 Å². The number of nitrogens with zero attached hydrogens (tertiary/aromatic N) is 4. The first kappa shape index (κ1) is 24.1. The number of anilines is 2. The van der Waals surface area contributed by atoms with Gasteiger partial charge in [0.25, 0.3) is 0 Å². The molecular weight excluding hydrogens is 493 g/mol. The molecule has 37 heavy (non-hydrogen) atoms. The predicted octanol–water partition coefficient (Wildman–Crippen LogP) is 5.62. The molecule has 0 bridgehead atoms. The quantitative estimate of drug-likeness (QED) is 0.284. The van der Waals surface area contributed by atoms with E-state index in [1.54, 1.807) is 56.1 Å². The van der Waals surface area contributed by atoms with Gasteiger partial charge in [-0.2, -0.15) is 0 Å². The number of carbonyl (C=O) groups excluding carboxylic acids is 2. The molecule has 10 heteroatoms. The monoisotopic (exact) mass is 515 g/mol. The van der Waals surface area contributed by atoms with Crippen molar-refractivity contribution >= 4 is 44.7 Å². The minimum atomic E-state index is -0.654. The molecule has 0 unspecified atom stereocenters. The van der Waals surface area contributed by atoms with Gasteiger partial charge in [-0.05, 0) is 30.3 Å². The van der Waals surface area contributed by atoms with Crippen LogP contribution in [-0.2, 0) is 16.6 Å². The number of pyridine rings is 1. The summed E-state index contributed by atoms with van der Waals surface area (Å²) in [6.07, 6.45) is 4.72. The van der Waals surface area contributed by atoms with Crippen molar-refractivity contribution in [2.24, 2.45) is 7.05 Å². The summed E-state index contributed by atoms with van der Waals surface area (Å²) >= 11 is 1.48. The van der Waals surface area contributed by atoms with Crippen LogP contribution in [0.25, 0.3) is 20.8 Å². The van der Waals surface area contributed by atoms with Crippen molar-refractivity contribution in [2.45, 2.75) is 6.42 Å². The number of aryl methyl sites for hydroxylation is 1. The molecule has 3 aromatic heterocycles. The molecule has 0 aliphatic heterocycles. The van der Waals surface area contributed by atoms with E-state index in [0.29, 0.717) is 11.4 Å². The summed E-state index contributed by atoms with van der Waals surface area (Å²) in [5, 5.41) is 2.57. The van der Waals surface area contributed by atoms with Gasteiger partial charge in [0.2, 0.25) is 11.8 Å². The maximum Gasteiger partial charge on any atom is 0.236 e. The number of thiophene rings is 1. The van der Waals surface area contributed by atoms with Crippen LogP contribution in [0.4, 0.5) is 15.8 Å². The molecular formula is C27H22FN5O3S. The Morgan fingerprint density at radius 2 is 1.92 bits per heavy atom. The Hall–Kier alpha value is -4.57. The Balaban J connectivity index is 1.28. The zero-order valence-electron chi connectivity index (χ0n) is 20.0. The molecule has 2 aromatic carbocycles. The molecule has 5 aromatic rings. The van der Waals surface area contributed by atoms with Crippen LogP contribution in [0.15, 0.2) is 79.4 Å². The molecule has 0 aliphatic rings. The summed E-state index contributed by atoms with van der Waals surface area (Å²) in [5.74, 6) is -1.11. The summed E-state index contributed by atoms with van der Waals surface area (Å²) in [4.78, 5) is 35.7. The Kier molecular flexibility index (Phi) is 6.65. The third kappa shape index (κ3) is 5.19. The minimum absolute atomic E-state index is 0.000805. The van der Waals surface area contributed by atoms with Gasteiger partial charge in [-0.1, -0.05) is 18.2 Å². The second-order valence-electron chi connectivity index (χ2n) is 8.28. The molecule has 0 saturated carbocycles. The zero-order valence-corrected chi connectivity index (χ0v) is 20.8. The van der Waals surface area contributed by atoms with Gasteiger partial charge in [0.1, 0.15) is 12.2 Å². The lowest BCUT2D eigenvalue weighted by atomic mass is 10.2. The third-order valence-electron chi connectivity index (χ3n) is 5.71. The Morgan fingerprint density at radius 1 is 1.11 bits per heavy atom. The minimum Gasteiger partial charge on any atom is -0.453 e. The number of ether oxygens (including phenoxy) is 1. The van der Waals surface area contributed by atoms with Crippen molar-refractivity contribution in [2.75, 3.05) is 17.3 Å². The van der Waals surface area contributed by atoms with Crippen LogP contribution in [-0.4, -0.2) is 33.4 Å². The number of hydrogen-bond donors (Lipinski definition) is 1. The van der Waals surface area contributed by atoms with Crippen molar-refractivity contribution in [3.8, 4) is 22.1 Å². The highest BCUT2D eigenvalue weighted by atomic mass is 32.1. The topological polar surface area (TPSA) is 89.3 Å². The van der Waals surface area contributed by atoms with Crippen LogP contribution in [0.2, 0.25) is 0 Å². The Morgan fingerprint density at radius 3 is 2.65 bits per heavy atom. The second-order valence-corrected chi connectivity index (χ2v) is 9.34. The van der Waals surface area contributed by atoms with E-state index in [1.807, 2.05) is 23.7 Å². The van der Waals surface area contributed by atoms with Gasteiger partial charge in [0.05, 0.1) is 33.3 Å². The van der Waals surface area contributed by atoms with Crippen molar-refractivity contribution in [3.63, 3.8) is 0 Å². The van der Waals surface area contributed by atoms with E-state index in [2.05, 4.69) is 15.3 Å². The molecule has 0 saturated heterocycles. The van der Waals surface area contributed by atoms with E-state index in [1.165, 1.54) is 28.4 Å². The van der Waals surface area contributed by atoms with E-state index in [-0.39, 0.29) is 23.8 Å². The summed E-state index contributed by atoms with van der Waals surface area (Å²) in [6.45, 7) is 0. The first-order chi connectivity index (χ1) is 17.9. The van der Waals surface area contributed by atoms with Crippen molar-refractivity contribution < 1.29 is 18.7 Å². The smallest absolute Gasteiger partial charge is 0.236 e. The normalized spacial score (nSPS) is 10.9. The van der Waals surface area contributed by atoms with Crippen molar-refractivity contribution in [1.29, 1.82) is 0 Å². The van der Waals surface area contributed by atoms with Gasteiger partial charge < -0.3 is 19.5 Å². The van der Waals surface area contributed by atoms with Crippen LogP contribution >= 0.6 is 11.3 Å². The van der Waals surface area contributed by atoms with Gasteiger partial charge >= 0.3 is 0 Å². The Bertz CT molecular complexity index is 1600. The number of fused-ring (bicyclic) bond motifs is 1. The van der Waals surface area contributed by atoms with Gasteiger partial charge in [0, 0.05) is 43.8 Å². The summed E-state index contributed by atoms with van der Waals surface area (Å²) < 4.78 is 23.5. The van der Waals surface area contributed by atoms with E-state index in [9.17, 15) is 14.0 Å². The van der Waals surface area contributed by atoms with Crippen LogP contribution in [0, 0.1) is 5.82 Å². The number of halogens is 1. The number of imidazole rings is 1. The largest absolute Gasteiger partial charge is 0.453 e. The van der Waals surface area contributed by atoms with E-state index < -0.39 is 11.7 Å². The molecule has 0 atom stereocenters. The molecule has 8 nitrogen and oxygen atoms in total. The molecule has 0 aliphatic carbocycles. The maximum absolute atomic E-state index is 14.9.